The summed E-state index contributed by atoms with van der Waals surface area (Å²) in [6.07, 6.45) is 0. The first-order chi connectivity index (χ1) is 11.2. The van der Waals surface area contributed by atoms with Crippen LogP contribution in [0.3, 0.4) is 0 Å². The summed E-state index contributed by atoms with van der Waals surface area (Å²) in [5.41, 5.74) is 6.79. The molecule has 1 N–H and O–H groups in total. The topological polar surface area (TPSA) is 20.2 Å². The van der Waals surface area contributed by atoms with Crippen LogP contribution in [-0.4, -0.2) is 5.11 Å². The average Bonchev–Trinajstić information content (AvgIpc) is 2.44. The minimum absolute atomic E-state index is 0.0362. The molecule has 0 spiro atoms. The highest BCUT2D eigenvalue weighted by Gasteiger charge is 2.29. The number of phenols is 1. The summed E-state index contributed by atoms with van der Waals surface area (Å²) in [7, 11) is 0. The van der Waals surface area contributed by atoms with Gasteiger partial charge in [0.15, 0.2) is 0 Å². The van der Waals surface area contributed by atoms with Crippen molar-refractivity contribution in [2.24, 2.45) is 0 Å². The summed E-state index contributed by atoms with van der Waals surface area (Å²) in [5.74, 6) is 0.310. The lowest BCUT2D eigenvalue weighted by atomic mass is 9.71. The Morgan fingerprint density at radius 1 is 0.600 bits per heavy atom. The van der Waals surface area contributed by atoms with Crippen molar-refractivity contribution in [2.45, 2.75) is 78.6 Å². The van der Waals surface area contributed by atoms with E-state index in [0.717, 1.165) is 0 Å². The van der Waals surface area contributed by atoms with Crippen molar-refractivity contribution in [3.8, 4) is 16.9 Å². The molecule has 0 aromatic heterocycles. The minimum atomic E-state index is 0.0362. The van der Waals surface area contributed by atoms with Crippen molar-refractivity contribution in [3.05, 3.63) is 53.1 Å². The first-order valence-corrected chi connectivity index (χ1v) is 9.20. The molecule has 0 aliphatic rings. The van der Waals surface area contributed by atoms with Crippen LogP contribution in [0.4, 0.5) is 0 Å². The van der Waals surface area contributed by atoms with Crippen LogP contribution in [0.25, 0.3) is 11.1 Å². The van der Waals surface area contributed by atoms with Crippen molar-refractivity contribution in [2.75, 3.05) is 0 Å². The molecule has 1 heteroatoms. The number of hydrogen-bond acceptors (Lipinski definition) is 1. The van der Waals surface area contributed by atoms with Crippen molar-refractivity contribution >= 4 is 0 Å². The van der Waals surface area contributed by atoms with Gasteiger partial charge in [-0.3, -0.25) is 0 Å². The van der Waals surface area contributed by atoms with E-state index in [9.17, 15) is 5.11 Å². The summed E-state index contributed by atoms with van der Waals surface area (Å²) in [5, 5.41) is 9.71. The Morgan fingerprint density at radius 2 is 1.00 bits per heavy atom. The smallest absolute Gasteiger partial charge is 0.115 e. The molecule has 0 heterocycles. The largest absolute Gasteiger partial charge is 0.508 e. The van der Waals surface area contributed by atoms with Gasteiger partial charge in [0.25, 0.3) is 0 Å². The van der Waals surface area contributed by atoms with Crippen LogP contribution in [0.15, 0.2) is 36.4 Å². The molecule has 0 atom stereocenters. The minimum Gasteiger partial charge on any atom is -0.508 e. The maximum atomic E-state index is 9.71. The first-order valence-electron chi connectivity index (χ1n) is 9.20. The van der Waals surface area contributed by atoms with E-state index in [1.165, 1.54) is 27.8 Å². The molecule has 0 aliphatic heterocycles. The lowest BCUT2D eigenvalue weighted by Gasteiger charge is -2.34. The van der Waals surface area contributed by atoms with Crippen LogP contribution < -0.4 is 0 Å². The van der Waals surface area contributed by atoms with E-state index in [-0.39, 0.29) is 16.2 Å². The maximum absolute atomic E-state index is 9.71. The Morgan fingerprint density at radius 3 is 1.32 bits per heavy atom. The number of aromatic hydroxyl groups is 1. The van der Waals surface area contributed by atoms with E-state index in [4.69, 9.17) is 0 Å². The lowest BCUT2D eigenvalue weighted by Crippen LogP contribution is -2.22. The van der Waals surface area contributed by atoms with E-state index in [1.807, 2.05) is 12.1 Å². The van der Waals surface area contributed by atoms with Crippen LogP contribution >= 0.6 is 0 Å². The zero-order chi connectivity index (χ0) is 19.2. The van der Waals surface area contributed by atoms with Gasteiger partial charge in [-0.25, -0.2) is 0 Å². The summed E-state index contributed by atoms with van der Waals surface area (Å²) < 4.78 is 0. The third-order valence-corrected chi connectivity index (χ3v) is 4.78. The zero-order valence-corrected chi connectivity index (χ0v) is 17.4. The molecule has 0 radical (unpaired) electrons. The van der Waals surface area contributed by atoms with E-state index in [0.29, 0.717) is 5.75 Å². The van der Waals surface area contributed by atoms with Crippen molar-refractivity contribution in [1.29, 1.82) is 0 Å². The second kappa shape index (κ2) is 6.20. The molecule has 0 amide bonds. The predicted molar refractivity (Wildman–Crippen MR) is 110 cm³/mol. The fraction of sp³-hybridized carbons (Fsp3) is 0.500. The van der Waals surface area contributed by atoms with Gasteiger partial charge in [0, 0.05) is 0 Å². The Hall–Kier alpha value is -1.76. The predicted octanol–water partition coefficient (Wildman–Crippen LogP) is 6.95. The van der Waals surface area contributed by atoms with Gasteiger partial charge in [-0.15, -0.1) is 0 Å². The Labute approximate surface area is 154 Å². The first kappa shape index (κ1) is 19.6. The van der Waals surface area contributed by atoms with E-state index >= 15 is 0 Å². The van der Waals surface area contributed by atoms with Gasteiger partial charge in [0.05, 0.1) is 0 Å². The van der Waals surface area contributed by atoms with Crippen LogP contribution in [0.2, 0.25) is 0 Å². The summed E-state index contributed by atoms with van der Waals surface area (Å²) >= 11 is 0. The number of phenolic OH excluding ortho intramolecular Hbond substituents is 1. The highest BCUT2D eigenvalue weighted by molar-refractivity contribution is 5.75. The molecule has 0 fully saturated rings. The van der Waals surface area contributed by atoms with Gasteiger partial charge in [0.1, 0.15) is 5.75 Å². The summed E-state index contributed by atoms with van der Waals surface area (Å²) in [4.78, 5) is 0. The van der Waals surface area contributed by atoms with Gasteiger partial charge < -0.3 is 5.11 Å². The standard InChI is InChI=1S/C24H34O/c1-22(2,3)17-14-19(23(4,5)6)21(20(15-17)24(7,8)9)16-10-12-18(25)13-11-16/h10-15,25H,1-9H3. The number of benzene rings is 2. The highest BCUT2D eigenvalue weighted by atomic mass is 16.3. The Kier molecular flexibility index (Phi) is 4.85. The zero-order valence-electron chi connectivity index (χ0n) is 17.4. The second-order valence-electron chi connectivity index (χ2n) is 10.2. The van der Waals surface area contributed by atoms with Gasteiger partial charge in [-0.2, -0.15) is 0 Å². The van der Waals surface area contributed by atoms with Crippen molar-refractivity contribution < 1.29 is 5.11 Å². The molecule has 0 aliphatic carbocycles. The van der Waals surface area contributed by atoms with Gasteiger partial charge in [-0.05, 0) is 56.2 Å². The number of rotatable bonds is 1. The fourth-order valence-electron chi connectivity index (χ4n) is 3.20. The van der Waals surface area contributed by atoms with Gasteiger partial charge in [0.2, 0.25) is 0 Å². The molecule has 2 rings (SSSR count). The lowest BCUT2D eigenvalue weighted by molar-refractivity contribution is 0.475. The molecule has 0 saturated heterocycles. The van der Waals surface area contributed by atoms with Gasteiger partial charge >= 0.3 is 0 Å². The van der Waals surface area contributed by atoms with E-state index < -0.39 is 0 Å². The molecule has 0 bridgehead atoms. The fourth-order valence-corrected chi connectivity index (χ4v) is 3.20. The Bertz CT molecular complexity index is 710. The molecule has 2 aromatic rings. The molecular weight excluding hydrogens is 304 g/mol. The van der Waals surface area contributed by atoms with Crippen molar-refractivity contribution in [1.82, 2.24) is 0 Å². The van der Waals surface area contributed by atoms with Gasteiger partial charge in [-0.1, -0.05) is 86.6 Å². The second-order valence-corrected chi connectivity index (χ2v) is 10.2. The Balaban J connectivity index is 2.94. The molecule has 0 saturated carbocycles. The molecule has 136 valence electrons. The summed E-state index contributed by atoms with van der Waals surface area (Å²) in [6.45, 7) is 20.5. The normalized spacial score (nSPS) is 13.2. The van der Waals surface area contributed by atoms with E-state index in [1.54, 1.807) is 12.1 Å². The van der Waals surface area contributed by atoms with E-state index in [2.05, 4.69) is 74.4 Å². The monoisotopic (exact) mass is 338 g/mol. The molecular formula is C24H34O. The van der Waals surface area contributed by atoms with Crippen LogP contribution in [0, 0.1) is 0 Å². The summed E-state index contributed by atoms with van der Waals surface area (Å²) in [6, 6.07) is 12.4. The molecule has 0 unspecified atom stereocenters. The van der Waals surface area contributed by atoms with Crippen LogP contribution in [0.5, 0.6) is 5.75 Å². The van der Waals surface area contributed by atoms with Crippen LogP contribution in [0.1, 0.15) is 79.0 Å². The van der Waals surface area contributed by atoms with Crippen molar-refractivity contribution in [3.63, 3.8) is 0 Å². The molecule has 25 heavy (non-hydrogen) atoms. The molecule has 1 nitrogen and oxygen atoms in total. The van der Waals surface area contributed by atoms with Crippen LogP contribution in [-0.2, 0) is 16.2 Å². The quantitative estimate of drug-likeness (QED) is 0.596. The average molecular weight is 339 g/mol. The SMILES string of the molecule is CC(C)(C)c1cc(C(C)(C)C)c(-c2ccc(O)cc2)c(C(C)(C)C)c1. The third-order valence-electron chi connectivity index (χ3n) is 4.78. The third kappa shape index (κ3) is 4.26. The number of hydrogen-bond donors (Lipinski definition) is 1. The highest BCUT2D eigenvalue weighted by Crippen LogP contribution is 2.43. The molecule has 2 aromatic carbocycles. The maximum Gasteiger partial charge on any atom is 0.115 e.